The van der Waals surface area contributed by atoms with Crippen LogP contribution in [0.15, 0.2) is 0 Å². The lowest BCUT2D eigenvalue weighted by Crippen LogP contribution is -2.55. The Kier molecular flexibility index (Phi) is 3.99. The molecule has 2 unspecified atom stereocenters. The maximum Gasteiger partial charge on any atom is 0.408 e. The molecule has 1 amide bonds. The predicted octanol–water partition coefficient (Wildman–Crippen LogP) is 0.576. The summed E-state index contributed by atoms with van der Waals surface area (Å²) in [5.41, 5.74) is 5.20. The summed E-state index contributed by atoms with van der Waals surface area (Å²) in [4.78, 5) is 10.7. The van der Waals surface area contributed by atoms with Gasteiger partial charge in [-0.05, 0) is 12.8 Å². The number of nitrogens with two attached hydrogens (primary N) is 1. The largest absolute Gasteiger partial charge is 0.408 e. The molecule has 3 nitrogen and oxygen atoms in total. The van der Waals surface area contributed by atoms with E-state index in [1.807, 2.05) is 5.32 Å². The number of alkyl halides is 3. The molecule has 0 saturated carbocycles. The molecule has 1 rings (SSSR count). The molecule has 1 aliphatic heterocycles. The second kappa shape index (κ2) is 4.15. The van der Waals surface area contributed by atoms with Gasteiger partial charge in [-0.25, -0.2) is 0 Å². The minimum Gasteiger partial charge on any atom is -0.343 e. The van der Waals surface area contributed by atoms with E-state index < -0.39 is 24.2 Å². The van der Waals surface area contributed by atoms with Gasteiger partial charge in [0.1, 0.15) is 6.04 Å². The van der Waals surface area contributed by atoms with E-state index >= 15 is 0 Å². The monoisotopic (exact) mass is 218 g/mol. The molecule has 2 atom stereocenters. The van der Waals surface area contributed by atoms with Crippen molar-refractivity contribution in [1.29, 1.82) is 0 Å². The number of halogens is 4. The molecular formula is C6H10ClF3N2O. The lowest BCUT2D eigenvalue weighted by molar-refractivity contribution is -0.167. The van der Waals surface area contributed by atoms with Gasteiger partial charge in [0, 0.05) is 0 Å². The molecule has 0 aromatic carbocycles. The fourth-order valence-electron chi connectivity index (χ4n) is 1.07. The van der Waals surface area contributed by atoms with Crippen LogP contribution in [0.4, 0.5) is 13.2 Å². The Morgan fingerprint density at radius 1 is 1.38 bits per heavy atom. The number of hydrogen-bond acceptors (Lipinski definition) is 2. The Morgan fingerprint density at radius 3 is 2.31 bits per heavy atom. The molecular weight excluding hydrogens is 209 g/mol. The van der Waals surface area contributed by atoms with Gasteiger partial charge >= 0.3 is 6.18 Å². The van der Waals surface area contributed by atoms with E-state index in [0.29, 0.717) is 0 Å². The van der Waals surface area contributed by atoms with Gasteiger partial charge in [0.25, 0.3) is 0 Å². The van der Waals surface area contributed by atoms with Crippen LogP contribution in [0.5, 0.6) is 0 Å². The quantitative estimate of drug-likeness (QED) is 0.625. The Morgan fingerprint density at radius 2 is 1.92 bits per heavy atom. The highest BCUT2D eigenvalue weighted by atomic mass is 35.5. The first-order chi connectivity index (χ1) is 5.41. The number of rotatable bonds is 0. The van der Waals surface area contributed by atoms with Crippen molar-refractivity contribution in [2.24, 2.45) is 5.73 Å². The highest BCUT2D eigenvalue weighted by Crippen LogP contribution is 2.25. The third-order valence-electron chi connectivity index (χ3n) is 1.81. The van der Waals surface area contributed by atoms with Crippen LogP contribution in [0.1, 0.15) is 12.8 Å². The van der Waals surface area contributed by atoms with Crippen molar-refractivity contribution in [3.8, 4) is 0 Å². The lowest BCUT2D eigenvalue weighted by Gasteiger charge is -2.28. The summed E-state index contributed by atoms with van der Waals surface area (Å²) in [7, 11) is 0. The highest BCUT2D eigenvalue weighted by Gasteiger charge is 2.43. The number of nitrogens with one attached hydrogen (secondary N) is 1. The van der Waals surface area contributed by atoms with E-state index in [4.69, 9.17) is 5.73 Å². The molecule has 1 aliphatic rings. The van der Waals surface area contributed by atoms with Crippen LogP contribution in [0, 0.1) is 0 Å². The predicted molar refractivity (Wildman–Crippen MR) is 42.4 cm³/mol. The van der Waals surface area contributed by atoms with E-state index in [0.717, 1.165) is 0 Å². The summed E-state index contributed by atoms with van der Waals surface area (Å²) in [6.07, 6.45) is -4.39. The zero-order chi connectivity index (χ0) is 9.35. The van der Waals surface area contributed by atoms with Crippen molar-refractivity contribution in [2.45, 2.75) is 31.1 Å². The van der Waals surface area contributed by atoms with Crippen LogP contribution in [0.2, 0.25) is 0 Å². The Labute approximate surface area is 79.3 Å². The number of carbonyl (C=O) groups is 1. The zero-order valence-electron chi connectivity index (χ0n) is 6.60. The fraction of sp³-hybridized carbons (Fsp3) is 0.833. The zero-order valence-corrected chi connectivity index (χ0v) is 7.41. The van der Waals surface area contributed by atoms with Gasteiger partial charge in [-0.15, -0.1) is 12.4 Å². The summed E-state index contributed by atoms with van der Waals surface area (Å²) in [5.74, 6) is -0.719. The molecule has 1 fully saturated rings. The molecule has 0 radical (unpaired) electrons. The first-order valence-electron chi connectivity index (χ1n) is 3.54. The number of hydrogen-bond donors (Lipinski definition) is 2. The van der Waals surface area contributed by atoms with Gasteiger partial charge in [-0.2, -0.15) is 13.2 Å². The summed E-state index contributed by atoms with van der Waals surface area (Å²) in [5, 5.41) is 1.82. The molecule has 0 aromatic rings. The number of piperidine rings is 1. The molecule has 7 heteroatoms. The molecule has 1 heterocycles. The van der Waals surface area contributed by atoms with Gasteiger partial charge in [-0.3, -0.25) is 4.79 Å². The van der Waals surface area contributed by atoms with Gasteiger partial charge in [0.15, 0.2) is 0 Å². The molecule has 1 saturated heterocycles. The van der Waals surface area contributed by atoms with Crippen LogP contribution in [0.3, 0.4) is 0 Å². The summed E-state index contributed by atoms with van der Waals surface area (Å²) in [6, 6.07) is -2.51. The van der Waals surface area contributed by atoms with E-state index in [2.05, 4.69) is 0 Å². The summed E-state index contributed by atoms with van der Waals surface area (Å²) >= 11 is 0. The fourth-order valence-corrected chi connectivity index (χ4v) is 1.07. The van der Waals surface area contributed by atoms with Crippen molar-refractivity contribution in [3.63, 3.8) is 0 Å². The van der Waals surface area contributed by atoms with E-state index in [9.17, 15) is 18.0 Å². The first kappa shape index (κ1) is 12.5. The lowest BCUT2D eigenvalue weighted by atomic mass is 10.0. The van der Waals surface area contributed by atoms with Gasteiger partial charge in [0.05, 0.1) is 6.04 Å². The van der Waals surface area contributed by atoms with Crippen LogP contribution in [-0.2, 0) is 4.79 Å². The summed E-state index contributed by atoms with van der Waals surface area (Å²) in [6.45, 7) is 0. The summed E-state index contributed by atoms with van der Waals surface area (Å²) < 4.78 is 36.0. The molecule has 0 aromatic heterocycles. The second-order valence-electron chi connectivity index (χ2n) is 2.79. The minimum absolute atomic E-state index is 0. The molecule has 78 valence electrons. The first-order valence-corrected chi connectivity index (χ1v) is 3.54. The van der Waals surface area contributed by atoms with E-state index in [-0.39, 0.29) is 25.2 Å². The number of amides is 1. The Balaban J connectivity index is 0.00000144. The molecule has 13 heavy (non-hydrogen) atoms. The number of carbonyl (C=O) groups excluding carboxylic acids is 1. The van der Waals surface area contributed by atoms with Crippen LogP contribution in [0.25, 0.3) is 0 Å². The van der Waals surface area contributed by atoms with E-state index in [1.165, 1.54) is 0 Å². The van der Waals surface area contributed by atoms with Gasteiger partial charge < -0.3 is 11.1 Å². The van der Waals surface area contributed by atoms with Crippen LogP contribution < -0.4 is 11.1 Å². The standard InChI is InChI=1S/C6H9F3N2O.ClH/c7-6(8,9)4-2-1-3(10)5(12)11-4;/h3-4H,1-2,10H2,(H,11,12);1H. The Bertz CT molecular complexity index is 197. The average molecular weight is 219 g/mol. The second-order valence-corrected chi connectivity index (χ2v) is 2.79. The van der Waals surface area contributed by atoms with Crippen molar-refractivity contribution in [1.82, 2.24) is 5.32 Å². The SMILES string of the molecule is Cl.NC1CCC(C(F)(F)F)NC1=O. The minimum atomic E-state index is -4.35. The topological polar surface area (TPSA) is 55.1 Å². The third kappa shape index (κ3) is 3.04. The van der Waals surface area contributed by atoms with Crippen molar-refractivity contribution in [2.75, 3.05) is 0 Å². The molecule has 0 bridgehead atoms. The maximum absolute atomic E-state index is 12.0. The van der Waals surface area contributed by atoms with Gasteiger partial charge in [-0.1, -0.05) is 0 Å². The van der Waals surface area contributed by atoms with Crippen molar-refractivity contribution in [3.05, 3.63) is 0 Å². The molecule has 0 spiro atoms. The molecule has 3 N–H and O–H groups in total. The normalized spacial score (nSPS) is 29.1. The van der Waals surface area contributed by atoms with Crippen molar-refractivity contribution >= 4 is 18.3 Å². The van der Waals surface area contributed by atoms with Gasteiger partial charge in [0.2, 0.25) is 5.91 Å². The highest BCUT2D eigenvalue weighted by molar-refractivity contribution is 5.85. The van der Waals surface area contributed by atoms with E-state index in [1.54, 1.807) is 0 Å². The maximum atomic E-state index is 12.0. The van der Waals surface area contributed by atoms with Crippen LogP contribution in [-0.4, -0.2) is 24.2 Å². The molecule has 0 aliphatic carbocycles. The Hall–Kier alpha value is -0.490. The average Bonchev–Trinajstić information content (AvgIpc) is 1.92. The van der Waals surface area contributed by atoms with Crippen molar-refractivity contribution < 1.29 is 18.0 Å². The van der Waals surface area contributed by atoms with Crippen LogP contribution >= 0.6 is 12.4 Å². The third-order valence-corrected chi connectivity index (χ3v) is 1.81. The smallest absolute Gasteiger partial charge is 0.343 e.